The van der Waals surface area contributed by atoms with Crippen LogP contribution in [0, 0.1) is 0 Å². The van der Waals surface area contributed by atoms with E-state index in [1.807, 2.05) is 6.07 Å². The first-order valence-corrected chi connectivity index (χ1v) is 7.42. The topological polar surface area (TPSA) is 54.9 Å². The lowest BCUT2D eigenvalue weighted by Gasteiger charge is -2.21. The van der Waals surface area contributed by atoms with E-state index in [1.54, 1.807) is 18.1 Å². The molecule has 4 nitrogen and oxygen atoms in total. The molecule has 0 atom stereocenters. The van der Waals surface area contributed by atoms with Crippen molar-refractivity contribution in [3.05, 3.63) is 18.0 Å². The summed E-state index contributed by atoms with van der Waals surface area (Å²) >= 11 is 1.69. The highest BCUT2D eigenvalue weighted by atomic mass is 32.2. The van der Waals surface area contributed by atoms with Gasteiger partial charge in [0, 0.05) is 11.4 Å². The lowest BCUT2D eigenvalue weighted by atomic mass is 9.84. The van der Waals surface area contributed by atoms with Crippen molar-refractivity contribution in [2.75, 3.05) is 4.72 Å². The second kappa shape index (κ2) is 4.88. The molecule has 1 aromatic heterocycles. The number of nitrogens with one attached hydrogen (secondary N) is 1. The molecule has 0 bridgehead atoms. The quantitative estimate of drug-likeness (QED) is 0.654. The molecule has 0 amide bonds. The van der Waals surface area contributed by atoms with Crippen LogP contribution in [0.4, 0.5) is 5.95 Å². The zero-order chi connectivity index (χ0) is 12.4. The van der Waals surface area contributed by atoms with Crippen molar-refractivity contribution in [2.45, 2.75) is 49.2 Å². The molecule has 0 unspecified atom stereocenters. The van der Waals surface area contributed by atoms with Crippen molar-refractivity contribution in [1.82, 2.24) is 9.97 Å². The predicted octanol–water partition coefficient (Wildman–Crippen LogP) is 2.71. The summed E-state index contributed by atoms with van der Waals surface area (Å²) < 4.78 is 3.19. The molecule has 2 aliphatic rings. The summed E-state index contributed by atoms with van der Waals surface area (Å²) in [5.41, 5.74) is 0.521. The average Bonchev–Trinajstić information content (AvgIpc) is 3.12. The lowest BCUT2D eigenvalue weighted by Crippen LogP contribution is -2.25. The van der Waals surface area contributed by atoms with E-state index in [0.29, 0.717) is 11.2 Å². The van der Waals surface area contributed by atoms with Crippen LogP contribution in [-0.2, 0) is 10.2 Å². The first-order chi connectivity index (χ1) is 8.82. The van der Waals surface area contributed by atoms with E-state index >= 15 is 0 Å². The van der Waals surface area contributed by atoms with Gasteiger partial charge >= 0.3 is 0 Å². The predicted molar refractivity (Wildman–Crippen MR) is 72.5 cm³/mol. The highest BCUT2D eigenvalue weighted by molar-refractivity contribution is 8.01. The molecular weight excluding hydrogens is 246 g/mol. The molecule has 2 aliphatic carbocycles. The largest absolute Gasteiger partial charge is 0.302 e. The van der Waals surface area contributed by atoms with Gasteiger partial charge in [-0.1, -0.05) is 12.8 Å². The number of rotatable bonds is 5. The normalized spacial score (nSPS) is 21.8. The second-order valence-corrected chi connectivity index (χ2v) is 6.27. The standard InChI is InChI=1S/C13H17N3OS/c17-9-13(6-1-2-7-13)11-5-8-14-12(15-11)16-18-10-3-4-10/h5,8-10H,1-4,6-7H2,(H,14,15,16). The van der Waals surface area contributed by atoms with Gasteiger partial charge < -0.3 is 4.79 Å². The summed E-state index contributed by atoms with van der Waals surface area (Å²) in [7, 11) is 0. The maximum absolute atomic E-state index is 11.4. The van der Waals surface area contributed by atoms with Gasteiger partial charge in [0.15, 0.2) is 0 Å². The molecule has 0 saturated heterocycles. The smallest absolute Gasteiger partial charge is 0.233 e. The molecule has 1 aromatic rings. The number of aromatic nitrogens is 2. The summed E-state index contributed by atoms with van der Waals surface area (Å²) in [5, 5.41) is 0.712. The van der Waals surface area contributed by atoms with E-state index in [0.717, 1.165) is 37.7 Å². The van der Waals surface area contributed by atoms with Crippen LogP contribution >= 0.6 is 11.9 Å². The van der Waals surface area contributed by atoms with E-state index in [9.17, 15) is 4.79 Å². The fourth-order valence-electron chi connectivity index (χ4n) is 2.45. The summed E-state index contributed by atoms with van der Waals surface area (Å²) in [6.45, 7) is 0. The maximum atomic E-state index is 11.4. The second-order valence-electron chi connectivity index (χ2n) is 5.17. The van der Waals surface area contributed by atoms with Crippen LogP contribution in [0.1, 0.15) is 44.2 Å². The van der Waals surface area contributed by atoms with Crippen molar-refractivity contribution in [1.29, 1.82) is 0 Å². The molecule has 96 valence electrons. The Labute approximate surface area is 111 Å². The Bertz CT molecular complexity index is 442. The van der Waals surface area contributed by atoms with E-state index < -0.39 is 0 Å². The Morgan fingerprint density at radius 1 is 1.39 bits per heavy atom. The zero-order valence-electron chi connectivity index (χ0n) is 10.3. The fourth-order valence-corrected chi connectivity index (χ4v) is 3.19. The van der Waals surface area contributed by atoms with Crippen LogP contribution in [0.3, 0.4) is 0 Å². The Hall–Kier alpha value is -1.10. The van der Waals surface area contributed by atoms with Crippen molar-refractivity contribution in [3.8, 4) is 0 Å². The van der Waals surface area contributed by atoms with Crippen LogP contribution in [-0.4, -0.2) is 21.5 Å². The van der Waals surface area contributed by atoms with Crippen molar-refractivity contribution in [2.24, 2.45) is 0 Å². The SMILES string of the molecule is O=CC1(c2ccnc(NSC3CC3)n2)CCCC1. The van der Waals surface area contributed by atoms with Crippen LogP contribution in [0.5, 0.6) is 0 Å². The van der Waals surface area contributed by atoms with Crippen molar-refractivity contribution in [3.63, 3.8) is 0 Å². The van der Waals surface area contributed by atoms with Gasteiger partial charge in [-0.25, -0.2) is 9.97 Å². The molecule has 2 fully saturated rings. The zero-order valence-corrected chi connectivity index (χ0v) is 11.1. The third-order valence-corrected chi connectivity index (χ3v) is 4.83. The minimum atomic E-state index is -0.358. The maximum Gasteiger partial charge on any atom is 0.233 e. The molecule has 3 rings (SSSR count). The van der Waals surface area contributed by atoms with Crippen LogP contribution in [0.15, 0.2) is 12.3 Å². The Morgan fingerprint density at radius 2 is 2.17 bits per heavy atom. The number of nitrogens with zero attached hydrogens (tertiary/aromatic N) is 2. The van der Waals surface area contributed by atoms with Crippen molar-refractivity contribution < 1.29 is 4.79 Å². The summed E-state index contributed by atoms with van der Waals surface area (Å²) in [4.78, 5) is 20.2. The van der Waals surface area contributed by atoms with Gasteiger partial charge in [-0.15, -0.1) is 0 Å². The van der Waals surface area contributed by atoms with Gasteiger partial charge in [-0.3, -0.25) is 4.72 Å². The molecule has 1 N–H and O–H groups in total. The molecule has 0 spiro atoms. The molecule has 0 radical (unpaired) electrons. The molecule has 18 heavy (non-hydrogen) atoms. The number of hydrogen-bond donors (Lipinski definition) is 1. The minimum absolute atomic E-state index is 0.358. The molecule has 0 aliphatic heterocycles. The summed E-state index contributed by atoms with van der Waals surface area (Å²) in [6, 6.07) is 1.88. The molecule has 0 aromatic carbocycles. The van der Waals surface area contributed by atoms with E-state index in [1.165, 1.54) is 12.8 Å². The first-order valence-electron chi connectivity index (χ1n) is 6.54. The van der Waals surface area contributed by atoms with Gasteiger partial charge in [0.25, 0.3) is 0 Å². The molecule has 5 heteroatoms. The van der Waals surface area contributed by atoms with E-state index in [-0.39, 0.29) is 5.41 Å². The lowest BCUT2D eigenvalue weighted by molar-refractivity contribution is -0.112. The van der Waals surface area contributed by atoms with Crippen LogP contribution in [0.25, 0.3) is 0 Å². The van der Waals surface area contributed by atoms with Gasteiger partial charge in [0.1, 0.15) is 6.29 Å². The number of aldehydes is 1. The monoisotopic (exact) mass is 263 g/mol. The number of carbonyl (C=O) groups is 1. The highest BCUT2D eigenvalue weighted by Crippen LogP contribution is 2.39. The van der Waals surface area contributed by atoms with Crippen LogP contribution < -0.4 is 4.72 Å². The van der Waals surface area contributed by atoms with Crippen molar-refractivity contribution >= 4 is 24.2 Å². The number of anilines is 1. The Balaban J connectivity index is 1.78. The van der Waals surface area contributed by atoms with E-state index in [4.69, 9.17) is 0 Å². The first kappa shape index (κ1) is 12.0. The van der Waals surface area contributed by atoms with Gasteiger partial charge in [0.05, 0.1) is 11.1 Å². The average molecular weight is 263 g/mol. The number of hydrogen-bond acceptors (Lipinski definition) is 5. The fraction of sp³-hybridized carbons (Fsp3) is 0.615. The van der Waals surface area contributed by atoms with Crippen LogP contribution in [0.2, 0.25) is 0 Å². The molecule has 2 saturated carbocycles. The summed E-state index contributed by atoms with van der Waals surface area (Å²) in [5.74, 6) is 0.637. The number of carbonyl (C=O) groups excluding carboxylic acids is 1. The third kappa shape index (κ3) is 2.36. The minimum Gasteiger partial charge on any atom is -0.302 e. The molecular formula is C13H17N3OS. The molecule has 1 heterocycles. The van der Waals surface area contributed by atoms with Gasteiger partial charge in [0.2, 0.25) is 5.95 Å². The van der Waals surface area contributed by atoms with Gasteiger partial charge in [-0.2, -0.15) is 0 Å². The third-order valence-electron chi connectivity index (χ3n) is 3.73. The Morgan fingerprint density at radius 3 is 2.83 bits per heavy atom. The Kier molecular flexibility index (Phi) is 3.24. The summed E-state index contributed by atoms with van der Waals surface area (Å²) in [6.07, 6.45) is 9.45. The van der Waals surface area contributed by atoms with Gasteiger partial charge in [-0.05, 0) is 43.7 Å². The van der Waals surface area contributed by atoms with E-state index in [2.05, 4.69) is 14.7 Å². The highest BCUT2D eigenvalue weighted by Gasteiger charge is 2.37.